The molecule has 0 N–H and O–H groups in total. The molecular formula is C41H58N2NiO2. The number of unbranched alkanes of at least 4 members (excludes halogenated alkanes) is 3. The summed E-state index contributed by atoms with van der Waals surface area (Å²) in [5.74, 6) is -0.482. The molecule has 0 spiro atoms. The predicted molar refractivity (Wildman–Crippen MR) is 192 cm³/mol. The molecule has 0 aliphatic heterocycles. The summed E-state index contributed by atoms with van der Waals surface area (Å²) in [6.07, 6.45) is 11.7. The van der Waals surface area contributed by atoms with Gasteiger partial charge in [0.2, 0.25) is 0 Å². The van der Waals surface area contributed by atoms with E-state index in [1.165, 1.54) is 22.3 Å². The third kappa shape index (κ3) is 12.7. The van der Waals surface area contributed by atoms with Gasteiger partial charge in [0, 0.05) is 0 Å². The van der Waals surface area contributed by atoms with Gasteiger partial charge in [-0.25, -0.2) is 0 Å². The minimum absolute atomic E-state index is 0. The molecule has 0 aliphatic carbocycles. The van der Waals surface area contributed by atoms with Crippen LogP contribution in [-0.4, -0.2) is 11.4 Å². The third-order valence-corrected chi connectivity index (χ3v) is 8.55. The van der Waals surface area contributed by atoms with Crippen molar-refractivity contribution in [3.63, 3.8) is 0 Å². The first-order valence-corrected chi connectivity index (χ1v) is 17.4. The summed E-state index contributed by atoms with van der Waals surface area (Å²) in [7, 11) is 0. The summed E-state index contributed by atoms with van der Waals surface area (Å²) in [5.41, 5.74) is 12.1. The van der Waals surface area contributed by atoms with Gasteiger partial charge in [0.05, 0.1) is 22.8 Å². The van der Waals surface area contributed by atoms with E-state index in [1.807, 2.05) is 6.07 Å². The molecule has 0 saturated heterocycles. The van der Waals surface area contributed by atoms with Gasteiger partial charge in [-0.15, -0.1) is 11.5 Å². The Morgan fingerprint density at radius 3 is 1.54 bits per heavy atom. The van der Waals surface area contributed by atoms with Gasteiger partial charge in [-0.3, -0.25) is 9.98 Å². The molecule has 0 atom stereocenters. The van der Waals surface area contributed by atoms with E-state index in [0.29, 0.717) is 0 Å². The third-order valence-electron chi connectivity index (χ3n) is 8.55. The van der Waals surface area contributed by atoms with Crippen LogP contribution in [0.5, 0.6) is 11.5 Å². The van der Waals surface area contributed by atoms with Gasteiger partial charge in [-0.05, 0) is 131 Å². The normalized spacial score (nSPS) is 11.6. The Hall–Kier alpha value is -2.91. The Morgan fingerprint density at radius 2 is 1.07 bits per heavy atom. The van der Waals surface area contributed by atoms with Crippen LogP contribution in [0.1, 0.15) is 131 Å². The molecule has 5 heteroatoms. The number of rotatable bonds is 15. The van der Waals surface area contributed by atoms with Crippen LogP contribution in [0.3, 0.4) is 0 Å². The summed E-state index contributed by atoms with van der Waals surface area (Å²) >= 11 is 0. The van der Waals surface area contributed by atoms with Crippen LogP contribution in [-0.2, 0) is 35.8 Å². The van der Waals surface area contributed by atoms with Gasteiger partial charge >= 0.3 is 16.5 Å². The molecule has 0 aromatic heterocycles. The molecule has 0 bridgehead atoms. The fourth-order valence-corrected chi connectivity index (χ4v) is 5.32. The van der Waals surface area contributed by atoms with Crippen molar-refractivity contribution >= 4 is 22.8 Å². The number of nitrogens with zero attached hydrogens (tertiary/aromatic N) is 2. The Labute approximate surface area is 290 Å². The maximum Gasteiger partial charge on any atom is 2.00 e. The zero-order valence-electron chi connectivity index (χ0n) is 30.1. The van der Waals surface area contributed by atoms with Crippen molar-refractivity contribution in [3.05, 3.63) is 81.4 Å². The summed E-state index contributed by atoms with van der Waals surface area (Å²) in [4.78, 5) is 9.95. The predicted octanol–water partition coefficient (Wildman–Crippen LogP) is 10.8. The maximum absolute atomic E-state index is 12.2. The van der Waals surface area contributed by atoms with Gasteiger partial charge < -0.3 is 10.2 Å². The number of aryl methyl sites for hydroxylation is 6. The van der Waals surface area contributed by atoms with Crippen LogP contribution in [0.25, 0.3) is 0 Å². The topological polar surface area (TPSA) is 70.8 Å². The second-order valence-corrected chi connectivity index (χ2v) is 12.4. The molecule has 4 nitrogen and oxygen atoms in total. The van der Waals surface area contributed by atoms with Crippen LogP contribution < -0.4 is 10.2 Å². The van der Waals surface area contributed by atoms with Gasteiger partial charge in [-0.2, -0.15) is 0 Å². The summed E-state index contributed by atoms with van der Waals surface area (Å²) in [6, 6.07) is 14.9. The number of aliphatic imine (C=N–C) groups is 2. The van der Waals surface area contributed by atoms with Crippen molar-refractivity contribution in [1.29, 1.82) is 0 Å². The number of hydrogen-bond donors (Lipinski definition) is 0. The van der Waals surface area contributed by atoms with E-state index in [-0.39, 0.29) is 28.0 Å². The van der Waals surface area contributed by atoms with Crippen LogP contribution in [0.2, 0.25) is 0 Å². The van der Waals surface area contributed by atoms with Crippen molar-refractivity contribution in [2.75, 3.05) is 0 Å². The quantitative estimate of drug-likeness (QED) is 0.119. The standard InChI is InChI=1S/C24H32N2.C17H28O2.Ni/c1-7-9-10-24(26-22-14-12-18(4)20(6)16-22)23(8-2)25-21-13-11-17(3)19(5)15-21;1-4-7-10-14-12-13(9-6-3)15(11-8-5-2)17(19)16(14)18;/h11-16H,7-10H2,1-6H3;12,18-19H,4-11H2,1-3H3;/q;;+2/p-2. The first-order valence-electron chi connectivity index (χ1n) is 17.4. The molecular weight excluding hydrogens is 611 g/mol. The average Bonchev–Trinajstić information content (AvgIpc) is 3.03. The first-order chi connectivity index (χ1) is 21.6. The SMILES string of the molecule is CCCCC(=Nc1ccc(C)c(C)c1)C(CC)=Nc1ccc(C)c(C)c1.CCCCc1cc(CCC)c(CCCC)c([O-])c1[O-].[Ni+2]. The van der Waals surface area contributed by atoms with Crippen molar-refractivity contribution in [2.45, 2.75) is 139 Å². The molecule has 254 valence electrons. The fourth-order valence-electron chi connectivity index (χ4n) is 5.32. The van der Waals surface area contributed by atoms with E-state index in [0.717, 1.165) is 117 Å². The monoisotopic (exact) mass is 668 g/mol. The molecule has 0 aliphatic rings. The zero-order chi connectivity index (χ0) is 33.4. The van der Waals surface area contributed by atoms with Crippen molar-refractivity contribution in [1.82, 2.24) is 0 Å². The Bertz CT molecular complexity index is 1420. The van der Waals surface area contributed by atoms with Gasteiger partial charge in [0.15, 0.2) is 0 Å². The molecule has 0 saturated carbocycles. The summed E-state index contributed by atoms with van der Waals surface area (Å²) < 4.78 is 0. The number of benzene rings is 3. The van der Waals surface area contributed by atoms with Gasteiger partial charge in [0.25, 0.3) is 0 Å². The van der Waals surface area contributed by atoms with Crippen molar-refractivity contribution in [3.8, 4) is 11.5 Å². The van der Waals surface area contributed by atoms with Crippen LogP contribution in [0.15, 0.2) is 52.4 Å². The fraction of sp³-hybridized carbons (Fsp3) is 0.512. The maximum atomic E-state index is 12.2. The Kier molecular flexibility index (Phi) is 19.5. The molecule has 46 heavy (non-hydrogen) atoms. The van der Waals surface area contributed by atoms with E-state index in [2.05, 4.69) is 98.7 Å². The molecule has 3 aromatic carbocycles. The largest absolute Gasteiger partial charge is 2.00 e. The molecule has 3 aromatic rings. The first kappa shape index (κ1) is 41.1. The van der Waals surface area contributed by atoms with E-state index >= 15 is 0 Å². The van der Waals surface area contributed by atoms with E-state index in [1.54, 1.807) is 0 Å². The van der Waals surface area contributed by atoms with Crippen LogP contribution >= 0.6 is 0 Å². The Morgan fingerprint density at radius 1 is 0.543 bits per heavy atom. The second kappa shape index (κ2) is 21.8. The van der Waals surface area contributed by atoms with Crippen LogP contribution in [0.4, 0.5) is 11.4 Å². The molecule has 0 heterocycles. The molecule has 0 unspecified atom stereocenters. The van der Waals surface area contributed by atoms with E-state index in [9.17, 15) is 10.2 Å². The van der Waals surface area contributed by atoms with E-state index < -0.39 is 0 Å². The zero-order valence-corrected chi connectivity index (χ0v) is 31.0. The smallest absolute Gasteiger partial charge is 0.873 e. The minimum Gasteiger partial charge on any atom is -0.873 e. The van der Waals surface area contributed by atoms with Gasteiger partial charge in [0.1, 0.15) is 0 Å². The molecule has 3 rings (SSSR count). The molecule has 0 amide bonds. The number of hydrogen-bond acceptors (Lipinski definition) is 4. The summed E-state index contributed by atoms with van der Waals surface area (Å²) in [5, 5.41) is 24.3. The molecule has 0 radical (unpaired) electrons. The second-order valence-electron chi connectivity index (χ2n) is 12.4. The minimum atomic E-state index is -0.251. The average molecular weight is 670 g/mol. The molecule has 0 fully saturated rings. The van der Waals surface area contributed by atoms with Crippen LogP contribution in [0, 0.1) is 27.7 Å². The summed E-state index contributed by atoms with van der Waals surface area (Å²) in [6.45, 7) is 19.3. The van der Waals surface area contributed by atoms with Crippen molar-refractivity contribution in [2.24, 2.45) is 9.98 Å². The van der Waals surface area contributed by atoms with E-state index in [4.69, 9.17) is 9.98 Å². The Balaban J connectivity index is 0.000000472. The van der Waals surface area contributed by atoms with Crippen molar-refractivity contribution < 1.29 is 26.7 Å². The van der Waals surface area contributed by atoms with Gasteiger partial charge in [-0.1, -0.05) is 89.6 Å².